The van der Waals surface area contributed by atoms with Crippen LogP contribution in [0, 0.1) is 11.3 Å². The van der Waals surface area contributed by atoms with Crippen molar-refractivity contribution in [3.63, 3.8) is 0 Å². The van der Waals surface area contributed by atoms with E-state index in [-0.39, 0.29) is 0 Å². The van der Waals surface area contributed by atoms with Gasteiger partial charge in [0.15, 0.2) is 0 Å². The normalized spacial score (nSPS) is 23.4. The van der Waals surface area contributed by atoms with E-state index < -0.39 is 0 Å². The monoisotopic (exact) mass is 253 g/mol. The molecule has 0 aromatic rings. The smallest absolute Gasteiger partial charge is 0.139 e. The SMILES string of the molecule is NC(CC1(CNCCCC2CCCC2)CC1)=NO. The van der Waals surface area contributed by atoms with Crippen molar-refractivity contribution >= 4 is 5.84 Å². The topological polar surface area (TPSA) is 70.6 Å². The molecule has 4 N–H and O–H groups in total. The Morgan fingerprint density at radius 3 is 2.67 bits per heavy atom. The molecular weight excluding hydrogens is 226 g/mol. The Bertz CT molecular complexity index is 281. The zero-order valence-corrected chi connectivity index (χ0v) is 11.3. The number of nitrogens with zero attached hydrogens (tertiary/aromatic N) is 1. The molecule has 0 atom stereocenters. The van der Waals surface area contributed by atoms with Gasteiger partial charge in [0.2, 0.25) is 0 Å². The highest BCUT2D eigenvalue weighted by molar-refractivity contribution is 5.80. The average Bonchev–Trinajstić information content (AvgIpc) is 2.91. The summed E-state index contributed by atoms with van der Waals surface area (Å²) in [7, 11) is 0. The van der Waals surface area contributed by atoms with Gasteiger partial charge in [0.1, 0.15) is 5.84 Å². The molecule has 0 amide bonds. The maximum Gasteiger partial charge on any atom is 0.139 e. The van der Waals surface area contributed by atoms with E-state index in [2.05, 4.69) is 10.5 Å². The van der Waals surface area contributed by atoms with Crippen LogP contribution in [0.4, 0.5) is 0 Å². The molecule has 104 valence electrons. The molecule has 2 fully saturated rings. The van der Waals surface area contributed by atoms with Crippen molar-refractivity contribution < 1.29 is 5.21 Å². The Morgan fingerprint density at radius 2 is 2.06 bits per heavy atom. The molecule has 2 aliphatic carbocycles. The molecular formula is C14H27N3O. The lowest BCUT2D eigenvalue weighted by Gasteiger charge is -2.15. The summed E-state index contributed by atoms with van der Waals surface area (Å²) >= 11 is 0. The lowest BCUT2D eigenvalue weighted by atomic mass is 10.0. The summed E-state index contributed by atoms with van der Waals surface area (Å²) in [5.74, 6) is 1.37. The first-order valence-corrected chi connectivity index (χ1v) is 7.41. The lowest BCUT2D eigenvalue weighted by Crippen LogP contribution is -2.29. The minimum atomic E-state index is 0.295. The molecule has 18 heavy (non-hydrogen) atoms. The van der Waals surface area contributed by atoms with Crippen molar-refractivity contribution in [1.29, 1.82) is 0 Å². The number of amidine groups is 1. The third-order valence-corrected chi connectivity index (χ3v) is 4.58. The van der Waals surface area contributed by atoms with Crippen LogP contribution in [0.15, 0.2) is 5.16 Å². The van der Waals surface area contributed by atoms with Gasteiger partial charge < -0.3 is 16.3 Å². The minimum Gasteiger partial charge on any atom is -0.409 e. The second kappa shape index (κ2) is 6.41. The zero-order valence-electron chi connectivity index (χ0n) is 11.3. The summed E-state index contributed by atoms with van der Waals surface area (Å²) < 4.78 is 0. The van der Waals surface area contributed by atoms with E-state index in [0.717, 1.165) is 25.4 Å². The van der Waals surface area contributed by atoms with Crippen molar-refractivity contribution in [2.45, 2.75) is 57.8 Å². The van der Waals surface area contributed by atoms with Crippen molar-refractivity contribution in [2.75, 3.05) is 13.1 Å². The van der Waals surface area contributed by atoms with Gasteiger partial charge in [-0.2, -0.15) is 0 Å². The Morgan fingerprint density at radius 1 is 1.33 bits per heavy atom. The van der Waals surface area contributed by atoms with Crippen LogP contribution >= 0.6 is 0 Å². The summed E-state index contributed by atoms with van der Waals surface area (Å²) in [6.07, 6.45) is 11.6. The Labute approximate surface area is 110 Å². The fraction of sp³-hybridized carbons (Fsp3) is 0.929. The first kappa shape index (κ1) is 13.7. The molecule has 0 aliphatic heterocycles. The molecule has 2 saturated carbocycles. The van der Waals surface area contributed by atoms with Crippen LogP contribution in [0.3, 0.4) is 0 Å². The molecule has 4 nitrogen and oxygen atoms in total. The molecule has 0 saturated heterocycles. The van der Waals surface area contributed by atoms with E-state index in [4.69, 9.17) is 10.9 Å². The van der Waals surface area contributed by atoms with Gasteiger partial charge in [0, 0.05) is 13.0 Å². The summed E-state index contributed by atoms with van der Waals surface area (Å²) in [6.45, 7) is 2.14. The fourth-order valence-electron chi connectivity index (χ4n) is 3.18. The average molecular weight is 253 g/mol. The minimum absolute atomic E-state index is 0.295. The van der Waals surface area contributed by atoms with Gasteiger partial charge in [-0.25, -0.2) is 0 Å². The van der Waals surface area contributed by atoms with E-state index in [1.54, 1.807) is 0 Å². The predicted molar refractivity (Wildman–Crippen MR) is 73.8 cm³/mol. The highest BCUT2D eigenvalue weighted by Gasteiger charge is 2.42. The second-order valence-corrected chi connectivity index (χ2v) is 6.24. The largest absolute Gasteiger partial charge is 0.409 e. The lowest BCUT2D eigenvalue weighted by molar-refractivity contribution is 0.314. The Kier molecular flexibility index (Phi) is 4.87. The maximum absolute atomic E-state index is 8.60. The van der Waals surface area contributed by atoms with Crippen molar-refractivity contribution in [2.24, 2.45) is 22.2 Å². The van der Waals surface area contributed by atoms with Gasteiger partial charge in [-0.3, -0.25) is 0 Å². The molecule has 0 spiro atoms. The number of hydrogen-bond donors (Lipinski definition) is 3. The highest BCUT2D eigenvalue weighted by Crippen LogP contribution is 2.48. The van der Waals surface area contributed by atoms with Crippen LogP contribution in [0.25, 0.3) is 0 Å². The molecule has 2 aliphatic rings. The first-order valence-electron chi connectivity index (χ1n) is 7.41. The van der Waals surface area contributed by atoms with Crippen molar-refractivity contribution in [1.82, 2.24) is 5.32 Å². The van der Waals surface area contributed by atoms with E-state index in [1.807, 2.05) is 0 Å². The zero-order chi connectivity index (χ0) is 12.8. The standard InChI is InChI=1S/C14H27N3O/c15-13(17-18)10-14(7-8-14)11-16-9-3-6-12-4-1-2-5-12/h12,16,18H,1-11H2,(H2,15,17). The Hall–Kier alpha value is -0.770. The Balaban J connectivity index is 1.52. The van der Waals surface area contributed by atoms with E-state index >= 15 is 0 Å². The van der Waals surface area contributed by atoms with Crippen molar-refractivity contribution in [3.05, 3.63) is 0 Å². The van der Waals surface area contributed by atoms with E-state index in [9.17, 15) is 0 Å². The van der Waals surface area contributed by atoms with Gasteiger partial charge in [0.05, 0.1) is 0 Å². The van der Waals surface area contributed by atoms with Gasteiger partial charge in [-0.05, 0) is 43.6 Å². The third-order valence-electron chi connectivity index (χ3n) is 4.58. The summed E-state index contributed by atoms with van der Waals surface area (Å²) in [6, 6.07) is 0. The maximum atomic E-state index is 8.60. The van der Waals surface area contributed by atoms with Gasteiger partial charge >= 0.3 is 0 Å². The number of oxime groups is 1. The van der Waals surface area contributed by atoms with Crippen LogP contribution in [0.2, 0.25) is 0 Å². The second-order valence-electron chi connectivity index (χ2n) is 6.24. The van der Waals surface area contributed by atoms with Gasteiger partial charge in [-0.1, -0.05) is 30.8 Å². The number of rotatable bonds is 8. The van der Waals surface area contributed by atoms with E-state index in [1.165, 1.54) is 51.4 Å². The molecule has 0 unspecified atom stereocenters. The van der Waals surface area contributed by atoms with Crippen LogP contribution in [0.5, 0.6) is 0 Å². The van der Waals surface area contributed by atoms with Crippen LogP contribution in [-0.4, -0.2) is 24.1 Å². The molecule has 4 heteroatoms. The summed E-state index contributed by atoms with van der Waals surface area (Å²) in [5, 5.41) is 15.2. The van der Waals surface area contributed by atoms with Crippen LogP contribution in [0.1, 0.15) is 57.8 Å². The molecule has 0 aromatic carbocycles. The molecule has 2 rings (SSSR count). The van der Waals surface area contributed by atoms with Crippen molar-refractivity contribution in [3.8, 4) is 0 Å². The number of nitrogens with two attached hydrogens (primary N) is 1. The summed E-state index contributed by atoms with van der Waals surface area (Å²) in [4.78, 5) is 0. The molecule has 0 aromatic heterocycles. The van der Waals surface area contributed by atoms with Gasteiger partial charge in [0.25, 0.3) is 0 Å². The number of hydrogen-bond acceptors (Lipinski definition) is 3. The van der Waals surface area contributed by atoms with Crippen LogP contribution < -0.4 is 11.1 Å². The number of nitrogens with one attached hydrogen (secondary N) is 1. The third kappa shape index (κ3) is 4.16. The molecule has 0 bridgehead atoms. The van der Waals surface area contributed by atoms with Crippen LogP contribution in [-0.2, 0) is 0 Å². The van der Waals surface area contributed by atoms with E-state index in [0.29, 0.717) is 11.3 Å². The predicted octanol–water partition coefficient (Wildman–Crippen LogP) is 2.46. The fourth-order valence-corrected chi connectivity index (χ4v) is 3.18. The van der Waals surface area contributed by atoms with Gasteiger partial charge in [-0.15, -0.1) is 0 Å². The molecule has 0 radical (unpaired) electrons. The molecule has 0 heterocycles. The quantitative estimate of drug-likeness (QED) is 0.205. The first-order chi connectivity index (χ1) is 8.74. The highest BCUT2D eigenvalue weighted by atomic mass is 16.4. The summed E-state index contributed by atoms with van der Waals surface area (Å²) in [5.41, 5.74) is 5.88.